The van der Waals surface area contributed by atoms with Gasteiger partial charge in [0.2, 0.25) is 6.79 Å². The van der Waals surface area contributed by atoms with Gasteiger partial charge in [0.15, 0.2) is 17.3 Å². The molecule has 0 bridgehead atoms. The summed E-state index contributed by atoms with van der Waals surface area (Å²) in [6, 6.07) is 12.6. The quantitative estimate of drug-likeness (QED) is 0.637. The molecule has 0 unspecified atom stereocenters. The van der Waals surface area contributed by atoms with Crippen LogP contribution in [0.3, 0.4) is 0 Å². The summed E-state index contributed by atoms with van der Waals surface area (Å²) in [6.45, 7) is 0.243. The Morgan fingerprint density at radius 3 is 2.62 bits per heavy atom. The lowest BCUT2D eigenvalue weighted by molar-refractivity contribution is 0.104. The van der Waals surface area contributed by atoms with E-state index >= 15 is 0 Å². The Morgan fingerprint density at radius 2 is 1.86 bits per heavy atom. The molecule has 1 heterocycles. The second-order valence-corrected chi connectivity index (χ2v) is 4.54. The second-order valence-electron chi connectivity index (χ2n) is 4.54. The van der Waals surface area contributed by atoms with Crippen LogP contribution in [-0.4, -0.2) is 19.7 Å². The van der Waals surface area contributed by atoms with Gasteiger partial charge in [-0.1, -0.05) is 12.1 Å². The van der Waals surface area contributed by atoms with Gasteiger partial charge in [0.25, 0.3) is 0 Å². The van der Waals surface area contributed by atoms with Crippen LogP contribution in [0.15, 0.2) is 48.5 Å². The van der Waals surface area contributed by atoms with Gasteiger partial charge in [0.1, 0.15) is 5.75 Å². The fourth-order valence-electron chi connectivity index (χ4n) is 2.04. The lowest BCUT2D eigenvalue weighted by atomic mass is 10.1. The van der Waals surface area contributed by atoms with Crippen LogP contribution in [0.1, 0.15) is 15.9 Å². The SMILES string of the molecule is COc1ccc(C(=O)C=Cc2ccc3c(c2)OCO3)cc1. The zero-order valence-electron chi connectivity index (χ0n) is 11.5. The molecule has 3 rings (SSSR count). The molecule has 1 aliphatic heterocycles. The van der Waals surface area contributed by atoms with Crippen molar-refractivity contribution >= 4 is 11.9 Å². The van der Waals surface area contributed by atoms with E-state index < -0.39 is 0 Å². The second kappa shape index (κ2) is 5.71. The number of carbonyl (C=O) groups excluding carboxylic acids is 1. The smallest absolute Gasteiger partial charge is 0.231 e. The molecule has 0 fully saturated rings. The number of allylic oxidation sites excluding steroid dienone is 1. The summed E-state index contributed by atoms with van der Waals surface area (Å²) in [7, 11) is 1.59. The van der Waals surface area contributed by atoms with Gasteiger partial charge < -0.3 is 14.2 Å². The van der Waals surface area contributed by atoms with Gasteiger partial charge in [-0.2, -0.15) is 0 Å². The van der Waals surface area contributed by atoms with Gasteiger partial charge >= 0.3 is 0 Å². The highest BCUT2D eigenvalue weighted by molar-refractivity contribution is 6.06. The number of ether oxygens (including phenoxy) is 3. The first-order valence-electron chi connectivity index (χ1n) is 6.52. The van der Waals surface area contributed by atoms with Crippen molar-refractivity contribution in [3.63, 3.8) is 0 Å². The highest BCUT2D eigenvalue weighted by Gasteiger charge is 2.12. The predicted octanol–water partition coefficient (Wildman–Crippen LogP) is 3.32. The summed E-state index contributed by atoms with van der Waals surface area (Å²) >= 11 is 0. The molecule has 0 aliphatic carbocycles. The number of fused-ring (bicyclic) bond motifs is 1. The van der Waals surface area contributed by atoms with Crippen molar-refractivity contribution in [2.75, 3.05) is 13.9 Å². The van der Waals surface area contributed by atoms with E-state index in [0.29, 0.717) is 11.3 Å². The number of rotatable bonds is 4. The van der Waals surface area contributed by atoms with Gasteiger partial charge in [0, 0.05) is 5.56 Å². The van der Waals surface area contributed by atoms with Crippen molar-refractivity contribution in [2.45, 2.75) is 0 Å². The zero-order chi connectivity index (χ0) is 14.7. The van der Waals surface area contributed by atoms with Gasteiger partial charge in [-0.3, -0.25) is 4.79 Å². The van der Waals surface area contributed by atoms with E-state index in [0.717, 1.165) is 17.1 Å². The van der Waals surface area contributed by atoms with E-state index in [4.69, 9.17) is 14.2 Å². The number of benzene rings is 2. The number of carbonyl (C=O) groups is 1. The molecule has 0 spiro atoms. The van der Waals surface area contributed by atoms with E-state index in [-0.39, 0.29) is 12.6 Å². The standard InChI is InChI=1S/C17H14O4/c1-19-14-6-4-13(5-7-14)15(18)8-2-12-3-9-16-17(10-12)21-11-20-16/h2-10H,11H2,1H3. The fraction of sp³-hybridized carbons (Fsp3) is 0.118. The monoisotopic (exact) mass is 282 g/mol. The molecule has 4 nitrogen and oxygen atoms in total. The summed E-state index contributed by atoms with van der Waals surface area (Å²) in [4.78, 5) is 12.1. The van der Waals surface area contributed by atoms with Crippen molar-refractivity contribution in [2.24, 2.45) is 0 Å². The molecule has 106 valence electrons. The van der Waals surface area contributed by atoms with Crippen LogP contribution in [0.5, 0.6) is 17.2 Å². The molecular formula is C17H14O4. The summed E-state index contributed by atoms with van der Waals surface area (Å²) in [6.07, 6.45) is 3.30. The molecule has 0 atom stereocenters. The maximum absolute atomic E-state index is 12.1. The molecule has 0 saturated carbocycles. The minimum atomic E-state index is -0.0599. The molecule has 0 N–H and O–H groups in total. The molecule has 0 aromatic heterocycles. The fourth-order valence-corrected chi connectivity index (χ4v) is 2.04. The Balaban J connectivity index is 1.74. The average Bonchev–Trinajstić information content (AvgIpc) is 3.00. The number of hydrogen-bond acceptors (Lipinski definition) is 4. The average molecular weight is 282 g/mol. The minimum absolute atomic E-state index is 0.0599. The van der Waals surface area contributed by atoms with Crippen LogP contribution in [0, 0.1) is 0 Å². The van der Waals surface area contributed by atoms with Gasteiger partial charge in [-0.05, 0) is 48.0 Å². The minimum Gasteiger partial charge on any atom is -0.497 e. The van der Waals surface area contributed by atoms with Crippen molar-refractivity contribution < 1.29 is 19.0 Å². The Labute approximate surface area is 122 Å². The molecule has 1 aliphatic rings. The Bertz CT molecular complexity index is 686. The van der Waals surface area contributed by atoms with E-state index in [1.807, 2.05) is 18.2 Å². The summed E-state index contributed by atoms with van der Waals surface area (Å²) in [5, 5.41) is 0. The lowest BCUT2D eigenvalue weighted by Gasteiger charge is -2.00. The first kappa shape index (κ1) is 13.2. The molecular weight excluding hydrogens is 268 g/mol. The summed E-state index contributed by atoms with van der Waals surface area (Å²) < 4.78 is 15.6. The first-order valence-corrected chi connectivity index (χ1v) is 6.52. The highest BCUT2D eigenvalue weighted by atomic mass is 16.7. The third kappa shape index (κ3) is 2.89. The van der Waals surface area contributed by atoms with E-state index in [1.54, 1.807) is 43.5 Å². The van der Waals surface area contributed by atoms with Gasteiger partial charge in [-0.15, -0.1) is 0 Å². The molecule has 0 radical (unpaired) electrons. The van der Waals surface area contributed by atoms with Crippen molar-refractivity contribution in [1.82, 2.24) is 0 Å². The highest BCUT2D eigenvalue weighted by Crippen LogP contribution is 2.32. The molecule has 0 saturated heterocycles. The molecule has 4 heteroatoms. The van der Waals surface area contributed by atoms with E-state index in [1.165, 1.54) is 0 Å². The van der Waals surface area contributed by atoms with Crippen LogP contribution in [0.4, 0.5) is 0 Å². The maximum atomic E-state index is 12.1. The summed E-state index contributed by atoms with van der Waals surface area (Å²) in [5.74, 6) is 2.10. The number of hydrogen-bond donors (Lipinski definition) is 0. The molecule has 2 aromatic rings. The van der Waals surface area contributed by atoms with Crippen LogP contribution in [-0.2, 0) is 0 Å². The Kier molecular flexibility index (Phi) is 3.60. The topological polar surface area (TPSA) is 44.8 Å². The van der Waals surface area contributed by atoms with Crippen LogP contribution >= 0.6 is 0 Å². The number of methoxy groups -OCH3 is 1. The third-order valence-electron chi connectivity index (χ3n) is 3.20. The predicted molar refractivity (Wildman–Crippen MR) is 78.9 cm³/mol. The van der Waals surface area contributed by atoms with Crippen LogP contribution < -0.4 is 14.2 Å². The first-order chi connectivity index (χ1) is 10.3. The van der Waals surface area contributed by atoms with E-state index in [2.05, 4.69) is 0 Å². The molecule has 21 heavy (non-hydrogen) atoms. The third-order valence-corrected chi connectivity index (χ3v) is 3.20. The molecule has 2 aromatic carbocycles. The van der Waals surface area contributed by atoms with Gasteiger partial charge in [-0.25, -0.2) is 0 Å². The van der Waals surface area contributed by atoms with Crippen molar-refractivity contribution in [3.8, 4) is 17.2 Å². The Hall–Kier alpha value is -2.75. The summed E-state index contributed by atoms with van der Waals surface area (Å²) in [5.41, 5.74) is 1.51. The zero-order valence-corrected chi connectivity index (χ0v) is 11.5. The number of ketones is 1. The molecule has 0 amide bonds. The van der Waals surface area contributed by atoms with E-state index in [9.17, 15) is 4.79 Å². The van der Waals surface area contributed by atoms with Crippen LogP contribution in [0.25, 0.3) is 6.08 Å². The maximum Gasteiger partial charge on any atom is 0.231 e. The Morgan fingerprint density at radius 1 is 1.10 bits per heavy atom. The van der Waals surface area contributed by atoms with Gasteiger partial charge in [0.05, 0.1) is 7.11 Å². The van der Waals surface area contributed by atoms with Crippen molar-refractivity contribution in [3.05, 3.63) is 59.7 Å². The normalized spacial score (nSPS) is 12.6. The lowest BCUT2D eigenvalue weighted by Crippen LogP contribution is -1.94. The van der Waals surface area contributed by atoms with Crippen molar-refractivity contribution in [1.29, 1.82) is 0 Å². The van der Waals surface area contributed by atoms with Crippen LogP contribution in [0.2, 0.25) is 0 Å². The largest absolute Gasteiger partial charge is 0.497 e.